The highest BCUT2D eigenvalue weighted by molar-refractivity contribution is 7.89. The third-order valence-electron chi connectivity index (χ3n) is 2.92. The number of fused-ring (bicyclic) bond motifs is 1. The summed E-state index contributed by atoms with van der Waals surface area (Å²) >= 11 is 0. The van der Waals surface area contributed by atoms with Crippen LogP contribution in [0, 0.1) is 0 Å². The van der Waals surface area contributed by atoms with Gasteiger partial charge in [0.05, 0.1) is 17.2 Å². The van der Waals surface area contributed by atoms with Crippen LogP contribution in [0.3, 0.4) is 0 Å². The highest BCUT2D eigenvalue weighted by Gasteiger charge is 2.25. The van der Waals surface area contributed by atoms with Crippen molar-refractivity contribution in [3.63, 3.8) is 0 Å². The minimum Gasteiger partial charge on any atom is -0.482 e. The van der Waals surface area contributed by atoms with Crippen LogP contribution in [-0.2, 0) is 14.8 Å². The van der Waals surface area contributed by atoms with Gasteiger partial charge in [-0.25, -0.2) is 8.42 Å². The van der Waals surface area contributed by atoms with Gasteiger partial charge >= 0.3 is 0 Å². The van der Waals surface area contributed by atoms with Crippen LogP contribution in [0.4, 0.5) is 5.69 Å². The van der Waals surface area contributed by atoms with E-state index < -0.39 is 10.0 Å². The second-order valence-corrected chi connectivity index (χ2v) is 6.15. The van der Waals surface area contributed by atoms with Crippen molar-refractivity contribution in [3.8, 4) is 5.75 Å². The third kappa shape index (κ3) is 2.77. The van der Waals surface area contributed by atoms with Crippen molar-refractivity contribution in [1.82, 2.24) is 4.31 Å². The first-order valence-corrected chi connectivity index (χ1v) is 7.60. The van der Waals surface area contributed by atoms with E-state index in [1.54, 1.807) is 6.92 Å². The molecule has 2 N–H and O–H groups in total. The zero-order chi connectivity index (χ0) is 14.8. The molecule has 0 radical (unpaired) electrons. The number of benzene rings is 1. The molecule has 0 unspecified atom stereocenters. The van der Waals surface area contributed by atoms with Gasteiger partial charge in [-0.2, -0.15) is 4.31 Å². The molecule has 0 fully saturated rings. The van der Waals surface area contributed by atoms with E-state index in [0.717, 1.165) is 0 Å². The van der Waals surface area contributed by atoms with E-state index in [1.807, 2.05) is 0 Å². The van der Waals surface area contributed by atoms with Gasteiger partial charge in [-0.1, -0.05) is 6.92 Å². The van der Waals surface area contributed by atoms with Crippen molar-refractivity contribution in [3.05, 3.63) is 18.2 Å². The van der Waals surface area contributed by atoms with E-state index in [2.05, 4.69) is 5.32 Å². The zero-order valence-corrected chi connectivity index (χ0v) is 11.8. The molecule has 0 aromatic heterocycles. The number of anilines is 1. The number of aliphatic hydroxyl groups excluding tert-OH is 1. The van der Waals surface area contributed by atoms with E-state index >= 15 is 0 Å². The molecule has 2 rings (SSSR count). The molecule has 1 amide bonds. The summed E-state index contributed by atoms with van der Waals surface area (Å²) in [6.45, 7) is 1.64. The third-order valence-corrected chi connectivity index (χ3v) is 4.89. The summed E-state index contributed by atoms with van der Waals surface area (Å²) in [5.41, 5.74) is 0.336. The second-order valence-electron chi connectivity index (χ2n) is 4.22. The largest absolute Gasteiger partial charge is 0.482 e. The average molecular weight is 300 g/mol. The van der Waals surface area contributed by atoms with Crippen molar-refractivity contribution in [2.75, 3.05) is 31.6 Å². The van der Waals surface area contributed by atoms with Crippen LogP contribution < -0.4 is 10.1 Å². The topological polar surface area (TPSA) is 95.9 Å². The first-order valence-electron chi connectivity index (χ1n) is 6.16. The fraction of sp³-hybridized carbons (Fsp3) is 0.417. The van der Waals surface area contributed by atoms with Gasteiger partial charge in [0.1, 0.15) is 5.75 Å². The fourth-order valence-electron chi connectivity index (χ4n) is 1.93. The molecule has 0 atom stereocenters. The van der Waals surface area contributed by atoms with Crippen molar-refractivity contribution < 1.29 is 23.1 Å². The Morgan fingerprint density at radius 3 is 2.85 bits per heavy atom. The molecule has 1 aliphatic rings. The molecular weight excluding hydrogens is 284 g/mol. The van der Waals surface area contributed by atoms with Gasteiger partial charge < -0.3 is 15.2 Å². The average Bonchev–Trinajstić information content (AvgIpc) is 2.43. The number of nitrogens with zero attached hydrogens (tertiary/aromatic N) is 1. The number of ether oxygens (including phenoxy) is 1. The maximum Gasteiger partial charge on any atom is 0.262 e. The Morgan fingerprint density at radius 1 is 1.45 bits per heavy atom. The molecule has 1 heterocycles. The number of rotatable bonds is 5. The number of likely N-dealkylation sites (N-methyl/N-ethyl adjacent to an activating group) is 1. The van der Waals surface area contributed by atoms with Crippen LogP contribution in [0.5, 0.6) is 5.75 Å². The molecule has 1 aliphatic heterocycles. The predicted molar refractivity (Wildman–Crippen MR) is 72.1 cm³/mol. The Morgan fingerprint density at radius 2 is 2.20 bits per heavy atom. The van der Waals surface area contributed by atoms with Gasteiger partial charge in [-0.3, -0.25) is 4.79 Å². The van der Waals surface area contributed by atoms with Crippen LogP contribution >= 0.6 is 0 Å². The van der Waals surface area contributed by atoms with Gasteiger partial charge in [0.15, 0.2) is 6.61 Å². The van der Waals surface area contributed by atoms with Crippen LogP contribution in [0.2, 0.25) is 0 Å². The number of sulfonamides is 1. The number of aliphatic hydroxyl groups is 1. The molecule has 110 valence electrons. The summed E-state index contributed by atoms with van der Waals surface area (Å²) in [5, 5.41) is 11.5. The molecule has 0 bridgehead atoms. The van der Waals surface area contributed by atoms with E-state index in [0.29, 0.717) is 11.4 Å². The minimum atomic E-state index is -3.70. The smallest absolute Gasteiger partial charge is 0.262 e. The minimum absolute atomic E-state index is 0.0266. The number of hydrogen-bond donors (Lipinski definition) is 2. The predicted octanol–water partition coefficient (Wildman–Crippen LogP) is 0.0204. The molecule has 8 heteroatoms. The number of carbonyl (C=O) groups is 1. The number of carbonyl (C=O) groups excluding carboxylic acids is 1. The maximum atomic E-state index is 12.4. The summed E-state index contributed by atoms with van der Waals surface area (Å²) in [5.74, 6) is 0.114. The summed E-state index contributed by atoms with van der Waals surface area (Å²) in [6.07, 6.45) is 0. The first kappa shape index (κ1) is 14.8. The van der Waals surface area contributed by atoms with E-state index in [1.165, 1.54) is 22.5 Å². The second kappa shape index (κ2) is 5.78. The molecule has 1 aromatic rings. The number of hydrogen-bond acceptors (Lipinski definition) is 5. The monoisotopic (exact) mass is 300 g/mol. The van der Waals surface area contributed by atoms with Crippen LogP contribution in [0.1, 0.15) is 6.92 Å². The van der Waals surface area contributed by atoms with Gasteiger partial charge in [-0.15, -0.1) is 0 Å². The van der Waals surface area contributed by atoms with Crippen molar-refractivity contribution in [1.29, 1.82) is 0 Å². The first-order chi connectivity index (χ1) is 9.48. The Labute approximate surface area is 117 Å². The fourth-order valence-corrected chi connectivity index (χ4v) is 3.40. The van der Waals surface area contributed by atoms with Gasteiger partial charge in [0.25, 0.3) is 5.91 Å². The van der Waals surface area contributed by atoms with Crippen LogP contribution in [0.25, 0.3) is 0 Å². The quantitative estimate of drug-likeness (QED) is 0.799. The summed E-state index contributed by atoms with van der Waals surface area (Å²) in [7, 11) is -3.70. The Bertz CT molecular complexity index is 614. The van der Waals surface area contributed by atoms with E-state index in [-0.39, 0.29) is 37.1 Å². The SMILES string of the molecule is CCN(CCO)S(=O)(=O)c1ccc2c(c1)NC(=O)CO2. The van der Waals surface area contributed by atoms with Crippen molar-refractivity contribution >= 4 is 21.6 Å². The number of amides is 1. The van der Waals surface area contributed by atoms with Crippen LogP contribution in [0.15, 0.2) is 23.1 Å². The number of nitrogens with one attached hydrogen (secondary N) is 1. The maximum absolute atomic E-state index is 12.4. The van der Waals surface area contributed by atoms with Gasteiger partial charge in [0.2, 0.25) is 10.0 Å². The highest BCUT2D eigenvalue weighted by Crippen LogP contribution is 2.31. The lowest BCUT2D eigenvalue weighted by Gasteiger charge is -2.22. The van der Waals surface area contributed by atoms with Gasteiger partial charge in [-0.05, 0) is 18.2 Å². The van der Waals surface area contributed by atoms with Crippen LogP contribution in [-0.4, -0.2) is 50.0 Å². The molecule has 20 heavy (non-hydrogen) atoms. The summed E-state index contributed by atoms with van der Waals surface area (Å²) in [6, 6.07) is 4.29. The Balaban J connectivity index is 2.37. The molecule has 0 saturated carbocycles. The Kier molecular flexibility index (Phi) is 4.26. The Hall–Kier alpha value is -1.64. The molecular formula is C12H16N2O5S. The normalized spacial score (nSPS) is 14.7. The lowest BCUT2D eigenvalue weighted by molar-refractivity contribution is -0.118. The lowest BCUT2D eigenvalue weighted by Crippen LogP contribution is -2.33. The van der Waals surface area contributed by atoms with Gasteiger partial charge in [0, 0.05) is 13.1 Å². The lowest BCUT2D eigenvalue weighted by atomic mass is 10.2. The summed E-state index contributed by atoms with van der Waals surface area (Å²) < 4.78 is 31.1. The van der Waals surface area contributed by atoms with E-state index in [9.17, 15) is 13.2 Å². The molecule has 0 saturated heterocycles. The molecule has 7 nitrogen and oxygen atoms in total. The summed E-state index contributed by atoms with van der Waals surface area (Å²) in [4.78, 5) is 11.3. The zero-order valence-electron chi connectivity index (χ0n) is 11.0. The van der Waals surface area contributed by atoms with E-state index in [4.69, 9.17) is 9.84 Å². The van der Waals surface area contributed by atoms with Crippen molar-refractivity contribution in [2.24, 2.45) is 0 Å². The molecule has 0 aliphatic carbocycles. The molecule has 0 spiro atoms. The molecule has 1 aromatic carbocycles. The highest BCUT2D eigenvalue weighted by atomic mass is 32.2. The standard InChI is InChI=1S/C12H16N2O5S/c1-2-14(5-6-15)20(17,18)9-3-4-11-10(7-9)13-12(16)8-19-11/h3-4,7,15H,2,5-6,8H2,1H3,(H,13,16). The van der Waals surface area contributed by atoms with Crippen molar-refractivity contribution in [2.45, 2.75) is 11.8 Å².